The van der Waals surface area contributed by atoms with Crippen LogP contribution in [0.5, 0.6) is 5.75 Å². The normalized spacial score (nSPS) is 11.6. The first kappa shape index (κ1) is 17.1. The van der Waals surface area contributed by atoms with Crippen molar-refractivity contribution >= 4 is 29.3 Å². The maximum Gasteiger partial charge on any atom is 0.326 e. The van der Waals surface area contributed by atoms with Crippen LogP contribution in [0.3, 0.4) is 0 Å². The van der Waals surface area contributed by atoms with E-state index in [1.807, 2.05) is 6.92 Å². The fraction of sp³-hybridized carbons (Fsp3) is 0.429. The molecule has 0 spiro atoms. The minimum absolute atomic E-state index is 0.361. The first-order valence-corrected chi connectivity index (χ1v) is 6.91. The Balaban J connectivity index is 2.83. The Hall–Kier alpha value is -1.95. The highest BCUT2D eigenvalue weighted by Crippen LogP contribution is 2.30. The molecular formula is C14H19ClN2O4. The summed E-state index contributed by atoms with van der Waals surface area (Å²) >= 11 is 5.98. The Morgan fingerprint density at radius 3 is 2.62 bits per heavy atom. The number of halogens is 1. The summed E-state index contributed by atoms with van der Waals surface area (Å²) in [6.07, 6.45) is 1.01. The van der Waals surface area contributed by atoms with E-state index in [0.29, 0.717) is 29.3 Å². The van der Waals surface area contributed by atoms with E-state index in [4.69, 9.17) is 21.4 Å². The van der Waals surface area contributed by atoms with Crippen molar-refractivity contribution < 1.29 is 19.4 Å². The van der Waals surface area contributed by atoms with Gasteiger partial charge in [0.2, 0.25) is 0 Å². The van der Waals surface area contributed by atoms with Crippen LogP contribution >= 0.6 is 11.6 Å². The van der Waals surface area contributed by atoms with Gasteiger partial charge in [-0.1, -0.05) is 24.9 Å². The standard InChI is InChI=1S/C14H19ClN2O4/c1-4-5-10(13(18)19)16-14(20)17-11-6-8(2)9(15)7-12(11)21-3/h6-7,10H,4-5H2,1-3H3,(H,18,19)(H2,16,17,20)/t10-/m0/s1. The predicted octanol–water partition coefficient (Wildman–Crippen LogP) is 3.03. The summed E-state index contributed by atoms with van der Waals surface area (Å²) in [5.41, 5.74) is 1.20. The maximum absolute atomic E-state index is 11.9. The number of anilines is 1. The lowest BCUT2D eigenvalue weighted by atomic mass is 10.2. The molecule has 0 unspecified atom stereocenters. The number of nitrogens with one attached hydrogen (secondary N) is 2. The van der Waals surface area contributed by atoms with Crippen LogP contribution in [0.1, 0.15) is 25.3 Å². The van der Waals surface area contributed by atoms with Gasteiger partial charge in [0, 0.05) is 11.1 Å². The largest absolute Gasteiger partial charge is 0.495 e. The van der Waals surface area contributed by atoms with Gasteiger partial charge in [-0.3, -0.25) is 0 Å². The molecule has 0 aliphatic heterocycles. The topological polar surface area (TPSA) is 87.7 Å². The van der Waals surface area contributed by atoms with Gasteiger partial charge in [-0.15, -0.1) is 0 Å². The van der Waals surface area contributed by atoms with E-state index < -0.39 is 18.0 Å². The third kappa shape index (κ3) is 4.82. The number of ether oxygens (including phenoxy) is 1. The van der Waals surface area contributed by atoms with E-state index in [0.717, 1.165) is 5.56 Å². The van der Waals surface area contributed by atoms with Crippen LogP contribution in [-0.4, -0.2) is 30.3 Å². The highest BCUT2D eigenvalue weighted by Gasteiger charge is 2.19. The lowest BCUT2D eigenvalue weighted by molar-refractivity contribution is -0.139. The van der Waals surface area contributed by atoms with Crippen LogP contribution in [0.4, 0.5) is 10.5 Å². The molecule has 1 rings (SSSR count). The molecule has 116 valence electrons. The second-order valence-electron chi connectivity index (χ2n) is 4.58. The number of benzene rings is 1. The number of carboxylic acids is 1. The lowest BCUT2D eigenvalue weighted by Crippen LogP contribution is -2.42. The molecular weight excluding hydrogens is 296 g/mol. The van der Waals surface area contributed by atoms with Crippen molar-refractivity contribution in [1.82, 2.24) is 5.32 Å². The first-order chi connectivity index (χ1) is 9.88. The highest BCUT2D eigenvalue weighted by molar-refractivity contribution is 6.31. The summed E-state index contributed by atoms with van der Waals surface area (Å²) in [5, 5.41) is 14.5. The summed E-state index contributed by atoms with van der Waals surface area (Å²) in [4.78, 5) is 22.9. The number of carboxylic acid groups (broad SMARTS) is 1. The van der Waals surface area contributed by atoms with E-state index in [9.17, 15) is 9.59 Å². The van der Waals surface area contributed by atoms with E-state index >= 15 is 0 Å². The molecule has 3 N–H and O–H groups in total. The molecule has 1 atom stereocenters. The van der Waals surface area contributed by atoms with Crippen molar-refractivity contribution in [2.75, 3.05) is 12.4 Å². The zero-order valence-electron chi connectivity index (χ0n) is 12.2. The lowest BCUT2D eigenvalue weighted by Gasteiger charge is -2.16. The van der Waals surface area contributed by atoms with E-state index in [1.54, 1.807) is 19.1 Å². The molecule has 0 bridgehead atoms. The van der Waals surface area contributed by atoms with Gasteiger partial charge in [-0.25, -0.2) is 9.59 Å². The smallest absolute Gasteiger partial charge is 0.326 e. The van der Waals surface area contributed by atoms with Crippen LogP contribution in [0.2, 0.25) is 5.02 Å². The fourth-order valence-electron chi connectivity index (χ4n) is 1.79. The average Bonchev–Trinajstić information content (AvgIpc) is 2.42. The van der Waals surface area contributed by atoms with Crippen molar-refractivity contribution in [3.63, 3.8) is 0 Å². The molecule has 21 heavy (non-hydrogen) atoms. The molecule has 1 aromatic rings. The number of hydrogen-bond acceptors (Lipinski definition) is 3. The zero-order chi connectivity index (χ0) is 16.0. The zero-order valence-corrected chi connectivity index (χ0v) is 13.0. The SMILES string of the molecule is CCC[C@H](NC(=O)Nc1cc(C)c(Cl)cc1OC)C(=O)O. The molecule has 1 aromatic carbocycles. The second kappa shape index (κ2) is 7.73. The molecule has 0 aromatic heterocycles. The minimum Gasteiger partial charge on any atom is -0.495 e. The third-order valence-electron chi connectivity index (χ3n) is 2.91. The molecule has 0 aliphatic carbocycles. The highest BCUT2D eigenvalue weighted by atomic mass is 35.5. The van der Waals surface area contributed by atoms with Gasteiger partial charge in [0.1, 0.15) is 11.8 Å². The Morgan fingerprint density at radius 1 is 1.43 bits per heavy atom. The van der Waals surface area contributed by atoms with Gasteiger partial charge in [-0.05, 0) is 25.0 Å². The third-order valence-corrected chi connectivity index (χ3v) is 3.32. The maximum atomic E-state index is 11.9. The van der Waals surface area contributed by atoms with Gasteiger partial charge in [0.25, 0.3) is 0 Å². The minimum atomic E-state index is -1.06. The number of methoxy groups -OCH3 is 1. The Labute approximate surface area is 128 Å². The second-order valence-corrected chi connectivity index (χ2v) is 4.99. The van der Waals surface area contributed by atoms with Gasteiger partial charge in [-0.2, -0.15) is 0 Å². The number of carbonyl (C=O) groups is 2. The van der Waals surface area contributed by atoms with E-state index in [2.05, 4.69) is 10.6 Å². The Kier molecular flexibility index (Phi) is 6.30. The van der Waals surface area contributed by atoms with Crippen molar-refractivity contribution in [2.24, 2.45) is 0 Å². The first-order valence-electron chi connectivity index (χ1n) is 6.53. The molecule has 0 radical (unpaired) electrons. The summed E-state index contributed by atoms with van der Waals surface area (Å²) in [7, 11) is 1.46. The number of aliphatic carboxylic acids is 1. The van der Waals surface area contributed by atoms with Gasteiger partial charge in [0.05, 0.1) is 12.8 Å². The van der Waals surface area contributed by atoms with Gasteiger partial charge < -0.3 is 20.5 Å². The molecule has 0 heterocycles. The summed E-state index contributed by atoms with van der Waals surface area (Å²) in [5.74, 6) is -0.658. The number of aryl methyl sites for hydroxylation is 1. The molecule has 6 nitrogen and oxygen atoms in total. The molecule has 0 saturated carbocycles. The van der Waals surface area contributed by atoms with E-state index in [-0.39, 0.29) is 0 Å². The molecule has 0 saturated heterocycles. The predicted molar refractivity (Wildman–Crippen MR) is 81.2 cm³/mol. The summed E-state index contributed by atoms with van der Waals surface area (Å²) in [6.45, 7) is 3.64. The Bertz CT molecular complexity index is 534. The van der Waals surface area contributed by atoms with Crippen LogP contribution in [0.25, 0.3) is 0 Å². The van der Waals surface area contributed by atoms with Crippen LogP contribution < -0.4 is 15.4 Å². The number of hydrogen-bond donors (Lipinski definition) is 3. The number of rotatable bonds is 6. The monoisotopic (exact) mass is 314 g/mol. The number of amides is 2. The van der Waals surface area contributed by atoms with Crippen LogP contribution in [0.15, 0.2) is 12.1 Å². The Morgan fingerprint density at radius 2 is 2.10 bits per heavy atom. The van der Waals surface area contributed by atoms with Crippen LogP contribution in [0, 0.1) is 6.92 Å². The number of carbonyl (C=O) groups excluding carboxylic acids is 1. The van der Waals surface area contributed by atoms with E-state index in [1.165, 1.54) is 7.11 Å². The molecule has 2 amide bonds. The summed E-state index contributed by atoms with van der Waals surface area (Å²) in [6, 6.07) is 1.73. The van der Waals surface area contributed by atoms with Gasteiger partial charge in [0.15, 0.2) is 0 Å². The molecule has 7 heteroatoms. The fourth-order valence-corrected chi connectivity index (χ4v) is 1.95. The van der Waals surface area contributed by atoms with Crippen molar-refractivity contribution in [1.29, 1.82) is 0 Å². The summed E-state index contributed by atoms with van der Waals surface area (Å²) < 4.78 is 5.14. The molecule has 0 aliphatic rings. The van der Waals surface area contributed by atoms with Gasteiger partial charge >= 0.3 is 12.0 Å². The van der Waals surface area contributed by atoms with Crippen LogP contribution in [-0.2, 0) is 4.79 Å². The van der Waals surface area contributed by atoms with Crippen molar-refractivity contribution in [3.05, 3.63) is 22.7 Å². The van der Waals surface area contributed by atoms with Crippen molar-refractivity contribution in [2.45, 2.75) is 32.7 Å². The average molecular weight is 315 g/mol. The molecule has 0 fully saturated rings. The van der Waals surface area contributed by atoms with Crippen molar-refractivity contribution in [3.8, 4) is 5.75 Å². The number of urea groups is 1. The quantitative estimate of drug-likeness (QED) is 0.753.